The monoisotopic (exact) mass is 403 g/mol. The highest BCUT2D eigenvalue weighted by Gasteiger charge is 2.04. The number of nitrogens with zero attached hydrogens (tertiary/aromatic N) is 1. The maximum absolute atomic E-state index is 11.8. The molecule has 0 aliphatic rings. The van der Waals surface area contributed by atoms with Gasteiger partial charge < -0.3 is 10.4 Å². The molecule has 3 N–H and O–H groups in total. The number of benzene rings is 1. The minimum atomic E-state index is -0.381. The molecule has 0 aliphatic carbocycles. The molecular formula is C23H37N3O3. The van der Waals surface area contributed by atoms with Gasteiger partial charge >= 0.3 is 0 Å². The Bertz CT molecular complexity index is 617. The van der Waals surface area contributed by atoms with Crippen molar-refractivity contribution in [3.8, 4) is 5.75 Å². The normalized spacial score (nSPS) is 10.9. The molecule has 1 aromatic carbocycles. The summed E-state index contributed by atoms with van der Waals surface area (Å²) < 4.78 is 0. The third-order valence-electron chi connectivity index (χ3n) is 4.73. The van der Waals surface area contributed by atoms with Crippen molar-refractivity contribution in [3.05, 3.63) is 29.8 Å². The molecule has 0 radical (unpaired) electrons. The fourth-order valence-electron chi connectivity index (χ4n) is 3.04. The maximum atomic E-state index is 11.8. The first-order valence-electron chi connectivity index (χ1n) is 11.0. The number of phenols is 1. The third-order valence-corrected chi connectivity index (χ3v) is 4.73. The highest BCUT2D eigenvalue weighted by molar-refractivity contribution is 5.86. The predicted octanol–water partition coefficient (Wildman–Crippen LogP) is 4.66. The van der Waals surface area contributed by atoms with Crippen LogP contribution < -0.4 is 10.7 Å². The van der Waals surface area contributed by atoms with Crippen LogP contribution in [0.3, 0.4) is 0 Å². The van der Waals surface area contributed by atoms with Crippen molar-refractivity contribution < 1.29 is 14.7 Å². The number of aromatic hydroxyl groups is 1. The number of carbonyl (C=O) groups is 2. The van der Waals surface area contributed by atoms with Crippen LogP contribution >= 0.6 is 0 Å². The highest BCUT2D eigenvalue weighted by atomic mass is 16.3. The zero-order valence-electron chi connectivity index (χ0n) is 17.8. The lowest BCUT2D eigenvalue weighted by atomic mass is 10.1. The topological polar surface area (TPSA) is 90.8 Å². The van der Waals surface area contributed by atoms with Gasteiger partial charge in [0.1, 0.15) is 5.75 Å². The summed E-state index contributed by atoms with van der Waals surface area (Å²) in [6, 6.07) is 6.53. The number of unbranched alkanes of at least 4 members (excludes halogenated alkanes) is 10. The van der Waals surface area contributed by atoms with E-state index in [4.69, 9.17) is 0 Å². The van der Waals surface area contributed by atoms with E-state index in [2.05, 4.69) is 22.8 Å². The molecule has 0 fully saturated rings. The van der Waals surface area contributed by atoms with Gasteiger partial charge in [0.2, 0.25) is 5.91 Å². The van der Waals surface area contributed by atoms with Gasteiger partial charge in [0.05, 0.1) is 12.8 Å². The molecule has 0 aliphatic heterocycles. The van der Waals surface area contributed by atoms with Crippen molar-refractivity contribution in [2.45, 2.75) is 84.0 Å². The van der Waals surface area contributed by atoms with E-state index in [0.29, 0.717) is 12.0 Å². The smallest absolute Gasteiger partial charge is 0.259 e. The molecule has 2 amide bonds. The summed E-state index contributed by atoms with van der Waals surface area (Å²) in [5, 5.41) is 15.8. The zero-order valence-corrected chi connectivity index (χ0v) is 17.8. The van der Waals surface area contributed by atoms with Crippen LogP contribution in [0.25, 0.3) is 0 Å². The minimum absolute atomic E-state index is 0.0890. The van der Waals surface area contributed by atoms with E-state index in [0.717, 1.165) is 12.8 Å². The Morgan fingerprint density at radius 2 is 1.55 bits per heavy atom. The van der Waals surface area contributed by atoms with E-state index in [1.807, 2.05) is 0 Å². The summed E-state index contributed by atoms with van der Waals surface area (Å²) in [5.74, 6) is -0.350. The maximum Gasteiger partial charge on any atom is 0.259 e. The Kier molecular flexibility index (Phi) is 14.1. The van der Waals surface area contributed by atoms with E-state index in [9.17, 15) is 14.7 Å². The second-order valence-corrected chi connectivity index (χ2v) is 7.45. The van der Waals surface area contributed by atoms with Crippen molar-refractivity contribution in [1.29, 1.82) is 0 Å². The van der Waals surface area contributed by atoms with Crippen molar-refractivity contribution >= 4 is 18.0 Å². The summed E-state index contributed by atoms with van der Waals surface area (Å²) >= 11 is 0. The minimum Gasteiger partial charge on any atom is -0.508 e. The van der Waals surface area contributed by atoms with Crippen LogP contribution in [0.2, 0.25) is 0 Å². The van der Waals surface area contributed by atoms with Crippen molar-refractivity contribution in [2.75, 3.05) is 6.54 Å². The number of nitrogens with one attached hydrogen (secondary N) is 2. The van der Waals surface area contributed by atoms with Gasteiger partial charge in [-0.15, -0.1) is 0 Å². The van der Waals surface area contributed by atoms with Crippen molar-refractivity contribution in [2.24, 2.45) is 5.10 Å². The van der Waals surface area contributed by atoms with E-state index in [-0.39, 0.29) is 24.1 Å². The number of amides is 2. The molecule has 0 aromatic heterocycles. The SMILES string of the molecule is CCCCCCCCCCCCCC(=O)NCC(=O)N/N=C/c1cccc(O)c1. The largest absolute Gasteiger partial charge is 0.508 e. The lowest BCUT2D eigenvalue weighted by Gasteiger charge is -2.05. The van der Waals surface area contributed by atoms with Crippen LogP contribution in [0.1, 0.15) is 89.5 Å². The first-order chi connectivity index (χ1) is 14.1. The van der Waals surface area contributed by atoms with Crippen LogP contribution in [0.4, 0.5) is 0 Å². The van der Waals surface area contributed by atoms with Crippen LogP contribution in [0.5, 0.6) is 5.75 Å². The Labute approximate surface area is 175 Å². The second kappa shape index (κ2) is 16.6. The fraction of sp³-hybridized carbons (Fsp3) is 0.609. The fourth-order valence-corrected chi connectivity index (χ4v) is 3.04. The molecule has 0 unspecified atom stereocenters. The predicted molar refractivity (Wildman–Crippen MR) is 118 cm³/mol. The first-order valence-corrected chi connectivity index (χ1v) is 11.0. The van der Waals surface area contributed by atoms with Gasteiger partial charge in [-0.2, -0.15) is 5.10 Å². The van der Waals surface area contributed by atoms with Gasteiger partial charge in [-0.25, -0.2) is 5.43 Å². The van der Waals surface area contributed by atoms with Crippen LogP contribution in [0, 0.1) is 0 Å². The Balaban J connectivity index is 1.96. The molecule has 29 heavy (non-hydrogen) atoms. The third kappa shape index (κ3) is 14.3. The molecule has 1 aromatic rings. The molecule has 0 heterocycles. The van der Waals surface area contributed by atoms with E-state index in [1.54, 1.807) is 18.2 Å². The summed E-state index contributed by atoms with van der Waals surface area (Å²) in [4.78, 5) is 23.5. The van der Waals surface area contributed by atoms with Crippen molar-refractivity contribution in [1.82, 2.24) is 10.7 Å². The van der Waals surface area contributed by atoms with Gasteiger partial charge in [-0.1, -0.05) is 83.3 Å². The van der Waals surface area contributed by atoms with Gasteiger partial charge in [0, 0.05) is 6.42 Å². The quantitative estimate of drug-likeness (QED) is 0.213. The van der Waals surface area contributed by atoms with E-state index < -0.39 is 0 Å². The number of hydrogen-bond acceptors (Lipinski definition) is 4. The highest BCUT2D eigenvalue weighted by Crippen LogP contribution is 2.12. The lowest BCUT2D eigenvalue weighted by molar-refractivity contribution is -0.126. The molecular weight excluding hydrogens is 366 g/mol. The summed E-state index contributed by atoms with van der Waals surface area (Å²) in [6.45, 7) is 2.15. The molecule has 162 valence electrons. The van der Waals surface area contributed by atoms with E-state index in [1.165, 1.54) is 70.1 Å². The standard InChI is InChI=1S/C23H37N3O3/c1-2-3-4-5-6-7-8-9-10-11-12-16-22(28)24-19-23(29)26-25-18-20-14-13-15-21(27)17-20/h13-15,17-18,27H,2-12,16,19H2,1H3,(H,24,28)(H,26,29)/b25-18+. The first kappa shape index (κ1) is 24.7. The number of hydrogen-bond donors (Lipinski definition) is 3. The van der Waals surface area contributed by atoms with Crippen LogP contribution in [0.15, 0.2) is 29.4 Å². The molecule has 0 atom stereocenters. The van der Waals surface area contributed by atoms with Gasteiger partial charge in [-0.3, -0.25) is 9.59 Å². The molecule has 0 saturated heterocycles. The van der Waals surface area contributed by atoms with Crippen LogP contribution in [-0.2, 0) is 9.59 Å². The van der Waals surface area contributed by atoms with Gasteiger partial charge in [0.25, 0.3) is 5.91 Å². The van der Waals surface area contributed by atoms with Gasteiger partial charge in [0.15, 0.2) is 0 Å². The lowest BCUT2D eigenvalue weighted by Crippen LogP contribution is -2.34. The number of phenolic OH excluding ortho intramolecular Hbond substituents is 1. The summed E-state index contributed by atoms with van der Waals surface area (Å²) in [5.41, 5.74) is 3.02. The number of carbonyl (C=O) groups excluding carboxylic acids is 2. The molecule has 0 bridgehead atoms. The Hall–Kier alpha value is -2.37. The van der Waals surface area contributed by atoms with Gasteiger partial charge in [-0.05, 0) is 24.1 Å². The Morgan fingerprint density at radius 1 is 0.931 bits per heavy atom. The van der Waals surface area contributed by atoms with E-state index >= 15 is 0 Å². The van der Waals surface area contributed by atoms with Crippen LogP contribution in [-0.4, -0.2) is 29.7 Å². The molecule has 0 saturated carbocycles. The number of hydrazone groups is 1. The second-order valence-electron chi connectivity index (χ2n) is 7.45. The zero-order chi connectivity index (χ0) is 21.2. The molecule has 6 nitrogen and oxygen atoms in total. The van der Waals surface area contributed by atoms with Crippen molar-refractivity contribution in [3.63, 3.8) is 0 Å². The Morgan fingerprint density at radius 3 is 2.17 bits per heavy atom. The average molecular weight is 404 g/mol. The average Bonchev–Trinajstić information content (AvgIpc) is 2.70. The molecule has 1 rings (SSSR count). The summed E-state index contributed by atoms with van der Waals surface area (Å²) in [7, 11) is 0. The molecule has 0 spiro atoms. The number of rotatable bonds is 16. The molecule has 6 heteroatoms. The summed E-state index contributed by atoms with van der Waals surface area (Å²) in [6.07, 6.45) is 15.6.